The number of rotatable bonds is 5. The van der Waals surface area contributed by atoms with Crippen LogP contribution in [0.2, 0.25) is 0 Å². The minimum absolute atomic E-state index is 0.197. The van der Waals surface area contributed by atoms with Gasteiger partial charge in [-0.3, -0.25) is 4.90 Å². The Hall–Kier alpha value is -0.460. The zero-order chi connectivity index (χ0) is 16.3. The van der Waals surface area contributed by atoms with Gasteiger partial charge >= 0.3 is 0 Å². The van der Waals surface area contributed by atoms with E-state index in [-0.39, 0.29) is 11.6 Å². The molecule has 2 fully saturated rings. The van der Waals surface area contributed by atoms with E-state index in [0.29, 0.717) is 5.92 Å². The minimum Gasteiger partial charge on any atom is -0.387 e. The largest absolute Gasteiger partial charge is 0.387 e. The Bertz CT molecular complexity index is 463. The van der Waals surface area contributed by atoms with Crippen molar-refractivity contribution in [1.82, 2.24) is 9.80 Å². The predicted octanol–water partition coefficient (Wildman–Crippen LogP) is 2.60. The van der Waals surface area contributed by atoms with Crippen LogP contribution >= 0.6 is 11.3 Å². The second kappa shape index (κ2) is 7.62. The number of ether oxygens (including phenoxy) is 1. The Morgan fingerprint density at radius 1 is 1.26 bits per heavy atom. The van der Waals surface area contributed by atoms with E-state index in [1.165, 1.54) is 0 Å². The van der Waals surface area contributed by atoms with Gasteiger partial charge in [-0.25, -0.2) is 0 Å². The molecule has 0 spiro atoms. The number of piperidine rings is 1. The summed E-state index contributed by atoms with van der Waals surface area (Å²) in [7, 11) is 0. The number of hydrogen-bond acceptors (Lipinski definition) is 5. The van der Waals surface area contributed by atoms with Crippen LogP contribution in [0.25, 0.3) is 0 Å². The lowest BCUT2D eigenvalue weighted by atomic mass is 9.89. The van der Waals surface area contributed by atoms with Gasteiger partial charge in [0.25, 0.3) is 0 Å². The van der Waals surface area contributed by atoms with Gasteiger partial charge in [-0.2, -0.15) is 0 Å². The van der Waals surface area contributed by atoms with E-state index in [2.05, 4.69) is 35.1 Å². The Morgan fingerprint density at radius 3 is 2.57 bits per heavy atom. The summed E-state index contributed by atoms with van der Waals surface area (Å²) in [5, 5.41) is 12.6. The number of aliphatic hydroxyl groups is 1. The van der Waals surface area contributed by atoms with Gasteiger partial charge in [0.1, 0.15) is 0 Å². The first-order chi connectivity index (χ1) is 11.1. The standard InChI is InChI=1S/C18H30N2O2S/c1-18(2,20-9-11-22-12-10-20)14-19-7-5-15(6-8-19)17(21)16-4-3-13-23-16/h3-4,13,15,17,21H,5-12,14H2,1-2H3/t17-/m1/s1. The lowest BCUT2D eigenvalue weighted by molar-refractivity contribution is -0.0281. The average Bonchev–Trinajstić information content (AvgIpc) is 3.10. The van der Waals surface area contributed by atoms with E-state index in [4.69, 9.17) is 4.74 Å². The molecular formula is C18H30N2O2S. The van der Waals surface area contributed by atoms with E-state index in [1.54, 1.807) is 11.3 Å². The summed E-state index contributed by atoms with van der Waals surface area (Å²) >= 11 is 1.67. The molecule has 0 unspecified atom stereocenters. The Kier molecular flexibility index (Phi) is 5.75. The van der Waals surface area contributed by atoms with Gasteiger partial charge in [0.2, 0.25) is 0 Å². The fourth-order valence-corrected chi connectivity index (χ4v) is 4.74. The third-order valence-electron chi connectivity index (χ3n) is 5.39. The van der Waals surface area contributed by atoms with E-state index in [9.17, 15) is 5.11 Å². The summed E-state index contributed by atoms with van der Waals surface area (Å²) in [5.74, 6) is 0.413. The molecule has 3 rings (SSSR count). The molecule has 130 valence electrons. The normalized spacial score (nSPS) is 24.0. The monoisotopic (exact) mass is 338 g/mol. The van der Waals surface area contributed by atoms with Crippen molar-refractivity contribution in [2.24, 2.45) is 5.92 Å². The van der Waals surface area contributed by atoms with Crippen molar-refractivity contribution in [3.05, 3.63) is 22.4 Å². The summed E-state index contributed by atoms with van der Waals surface area (Å²) in [6.45, 7) is 11.8. The molecule has 0 aromatic carbocycles. The molecule has 1 aromatic heterocycles. The molecule has 0 amide bonds. The number of hydrogen-bond donors (Lipinski definition) is 1. The van der Waals surface area contributed by atoms with Crippen LogP contribution in [0.15, 0.2) is 17.5 Å². The summed E-state index contributed by atoms with van der Waals surface area (Å²) in [6, 6.07) is 4.09. The molecule has 0 bridgehead atoms. The fraction of sp³-hybridized carbons (Fsp3) is 0.778. The third kappa shape index (κ3) is 4.34. The SMILES string of the molecule is CC(C)(CN1CCC([C@@H](O)c2cccs2)CC1)N1CCOCC1. The third-order valence-corrected chi connectivity index (χ3v) is 6.33. The number of morpholine rings is 1. The Balaban J connectivity index is 1.48. The molecule has 23 heavy (non-hydrogen) atoms. The average molecular weight is 339 g/mol. The highest BCUT2D eigenvalue weighted by molar-refractivity contribution is 7.10. The summed E-state index contributed by atoms with van der Waals surface area (Å²) in [6.07, 6.45) is 1.92. The van der Waals surface area contributed by atoms with Gasteiger partial charge in [-0.05, 0) is 57.1 Å². The number of aliphatic hydroxyl groups excluding tert-OH is 1. The maximum Gasteiger partial charge on any atom is 0.0910 e. The molecule has 5 heteroatoms. The molecule has 2 saturated heterocycles. The molecule has 0 radical (unpaired) electrons. The molecule has 4 nitrogen and oxygen atoms in total. The van der Waals surface area contributed by atoms with Crippen LogP contribution in [-0.4, -0.2) is 66.4 Å². The van der Waals surface area contributed by atoms with E-state index in [1.807, 2.05) is 6.07 Å². The smallest absolute Gasteiger partial charge is 0.0910 e. The van der Waals surface area contributed by atoms with Crippen molar-refractivity contribution in [1.29, 1.82) is 0 Å². The highest BCUT2D eigenvalue weighted by atomic mass is 32.1. The zero-order valence-electron chi connectivity index (χ0n) is 14.4. The lowest BCUT2D eigenvalue weighted by Gasteiger charge is -2.45. The van der Waals surface area contributed by atoms with Crippen molar-refractivity contribution in [2.75, 3.05) is 45.9 Å². The van der Waals surface area contributed by atoms with Crippen molar-refractivity contribution >= 4 is 11.3 Å². The van der Waals surface area contributed by atoms with Crippen molar-refractivity contribution in [3.63, 3.8) is 0 Å². The van der Waals surface area contributed by atoms with Gasteiger partial charge in [-0.1, -0.05) is 6.07 Å². The second-order valence-electron chi connectivity index (χ2n) is 7.49. The van der Waals surface area contributed by atoms with Crippen molar-refractivity contribution < 1.29 is 9.84 Å². The molecule has 0 aliphatic carbocycles. The summed E-state index contributed by atoms with van der Waals surface area (Å²) < 4.78 is 5.48. The van der Waals surface area contributed by atoms with Crippen LogP contribution in [0.5, 0.6) is 0 Å². The van der Waals surface area contributed by atoms with Gasteiger partial charge in [-0.15, -0.1) is 11.3 Å². The molecular weight excluding hydrogens is 308 g/mol. The van der Waals surface area contributed by atoms with Crippen LogP contribution in [0.3, 0.4) is 0 Å². The molecule has 1 atom stereocenters. The van der Waals surface area contributed by atoms with E-state index >= 15 is 0 Å². The topological polar surface area (TPSA) is 35.9 Å². The van der Waals surface area contributed by atoms with E-state index in [0.717, 1.165) is 63.7 Å². The maximum atomic E-state index is 10.5. The fourth-order valence-electron chi connectivity index (χ4n) is 3.93. The molecule has 2 aliphatic rings. The second-order valence-corrected chi connectivity index (χ2v) is 8.46. The van der Waals surface area contributed by atoms with Gasteiger partial charge in [0.05, 0.1) is 19.3 Å². The lowest BCUT2D eigenvalue weighted by Crippen LogP contribution is -2.56. The Morgan fingerprint density at radius 2 is 1.96 bits per heavy atom. The molecule has 1 N–H and O–H groups in total. The molecule has 1 aromatic rings. The molecule has 2 aliphatic heterocycles. The predicted molar refractivity (Wildman–Crippen MR) is 94.9 cm³/mol. The highest BCUT2D eigenvalue weighted by Crippen LogP contribution is 2.33. The Labute approximate surface area is 144 Å². The maximum absolute atomic E-state index is 10.5. The zero-order valence-corrected chi connectivity index (χ0v) is 15.2. The van der Waals surface area contributed by atoms with Crippen LogP contribution < -0.4 is 0 Å². The first kappa shape index (κ1) is 17.4. The molecule has 0 saturated carbocycles. The van der Waals surface area contributed by atoms with Gasteiger partial charge < -0.3 is 14.7 Å². The van der Waals surface area contributed by atoms with Gasteiger partial charge in [0, 0.05) is 30.1 Å². The number of thiophene rings is 1. The quantitative estimate of drug-likeness (QED) is 0.895. The number of likely N-dealkylation sites (tertiary alicyclic amines) is 1. The molecule has 3 heterocycles. The van der Waals surface area contributed by atoms with Gasteiger partial charge in [0.15, 0.2) is 0 Å². The van der Waals surface area contributed by atoms with Crippen molar-refractivity contribution in [3.8, 4) is 0 Å². The first-order valence-corrected chi connectivity index (χ1v) is 9.71. The minimum atomic E-state index is -0.274. The summed E-state index contributed by atoms with van der Waals surface area (Å²) in [4.78, 5) is 6.26. The first-order valence-electron chi connectivity index (χ1n) is 8.83. The van der Waals surface area contributed by atoms with Crippen LogP contribution in [0.4, 0.5) is 0 Å². The van der Waals surface area contributed by atoms with Crippen LogP contribution in [0.1, 0.15) is 37.7 Å². The van der Waals surface area contributed by atoms with Crippen molar-refractivity contribution in [2.45, 2.75) is 38.3 Å². The highest BCUT2D eigenvalue weighted by Gasteiger charge is 2.33. The van der Waals surface area contributed by atoms with Crippen LogP contribution in [-0.2, 0) is 4.74 Å². The number of nitrogens with zero attached hydrogens (tertiary/aromatic N) is 2. The van der Waals surface area contributed by atoms with Crippen LogP contribution in [0, 0.1) is 5.92 Å². The summed E-state index contributed by atoms with van der Waals surface area (Å²) in [5.41, 5.74) is 0.197. The van der Waals surface area contributed by atoms with E-state index < -0.39 is 0 Å².